The van der Waals surface area contributed by atoms with Crippen LogP contribution in [0, 0.1) is 17.1 Å². The molecule has 3 rings (SSSR count). The van der Waals surface area contributed by atoms with Crippen LogP contribution in [0.1, 0.15) is 40.1 Å². The van der Waals surface area contributed by atoms with Crippen molar-refractivity contribution in [3.63, 3.8) is 0 Å². The maximum Gasteiger partial charge on any atom is 0.338 e. The summed E-state index contributed by atoms with van der Waals surface area (Å²) < 4.78 is 19.4. The minimum Gasteiger partial charge on any atom is -0.462 e. The fourth-order valence-corrected chi connectivity index (χ4v) is 3.47. The number of ether oxygens (including phenoxy) is 1. The molecule has 8 nitrogen and oxygen atoms in total. The third-order valence-electron chi connectivity index (χ3n) is 5.16. The van der Waals surface area contributed by atoms with Gasteiger partial charge >= 0.3 is 5.97 Å². The van der Waals surface area contributed by atoms with Gasteiger partial charge in [-0.2, -0.15) is 5.26 Å². The molecule has 0 aromatic heterocycles. The Morgan fingerprint density at radius 2 is 1.84 bits per heavy atom. The molecular formula is C23H23FN4O4. The lowest BCUT2D eigenvalue weighted by Gasteiger charge is -2.36. The summed E-state index contributed by atoms with van der Waals surface area (Å²) in [5, 5.41) is 11.6. The number of amides is 2. The zero-order valence-corrected chi connectivity index (χ0v) is 17.9. The molecule has 1 N–H and O–H groups in total. The van der Waals surface area contributed by atoms with Crippen LogP contribution in [-0.4, -0.2) is 55.5 Å². The number of rotatable bonds is 5. The molecule has 0 saturated carbocycles. The number of halogens is 1. The number of nitrogens with one attached hydrogen (secondary N) is 1. The van der Waals surface area contributed by atoms with E-state index in [0.29, 0.717) is 37.6 Å². The van der Waals surface area contributed by atoms with Gasteiger partial charge in [-0.15, -0.1) is 0 Å². The molecule has 2 aromatic carbocycles. The van der Waals surface area contributed by atoms with E-state index in [1.165, 1.54) is 25.1 Å². The van der Waals surface area contributed by atoms with E-state index in [4.69, 9.17) is 10.00 Å². The van der Waals surface area contributed by atoms with E-state index in [1.54, 1.807) is 24.0 Å². The van der Waals surface area contributed by atoms with Gasteiger partial charge < -0.3 is 19.9 Å². The first-order chi connectivity index (χ1) is 15.3. The number of anilines is 2. The van der Waals surface area contributed by atoms with E-state index in [1.807, 2.05) is 11.0 Å². The fraction of sp³-hybridized carbons (Fsp3) is 0.304. The Labute approximate surface area is 185 Å². The van der Waals surface area contributed by atoms with Crippen molar-refractivity contribution in [1.82, 2.24) is 4.90 Å². The molecule has 2 aromatic rings. The summed E-state index contributed by atoms with van der Waals surface area (Å²) >= 11 is 0. The maximum atomic E-state index is 14.3. The van der Waals surface area contributed by atoms with Gasteiger partial charge in [-0.3, -0.25) is 9.59 Å². The number of benzene rings is 2. The number of nitrogens with zero attached hydrogens (tertiary/aromatic N) is 3. The molecule has 166 valence electrons. The summed E-state index contributed by atoms with van der Waals surface area (Å²) in [4.78, 5) is 40.3. The number of piperazine rings is 1. The molecule has 0 radical (unpaired) electrons. The van der Waals surface area contributed by atoms with E-state index >= 15 is 0 Å². The Morgan fingerprint density at radius 1 is 1.12 bits per heavy atom. The molecule has 1 heterocycles. The van der Waals surface area contributed by atoms with E-state index in [0.717, 1.165) is 6.07 Å². The third kappa shape index (κ3) is 5.03. The second-order valence-electron chi connectivity index (χ2n) is 7.21. The molecule has 0 aliphatic carbocycles. The summed E-state index contributed by atoms with van der Waals surface area (Å²) in [5.41, 5.74) is 1.09. The molecule has 9 heteroatoms. The topological polar surface area (TPSA) is 103 Å². The van der Waals surface area contributed by atoms with Crippen LogP contribution < -0.4 is 10.2 Å². The molecule has 2 amide bonds. The smallest absolute Gasteiger partial charge is 0.338 e. The molecule has 1 fully saturated rings. The average Bonchev–Trinajstić information content (AvgIpc) is 2.79. The Hall–Kier alpha value is -3.93. The van der Waals surface area contributed by atoms with Crippen molar-refractivity contribution >= 4 is 29.2 Å². The lowest BCUT2D eigenvalue weighted by Crippen LogP contribution is -2.48. The molecule has 0 unspecified atom stereocenters. The summed E-state index contributed by atoms with van der Waals surface area (Å²) in [5.74, 6) is -2.08. The Balaban J connectivity index is 1.91. The lowest BCUT2D eigenvalue weighted by molar-refractivity contribution is -0.129. The number of hydrogen-bond acceptors (Lipinski definition) is 6. The number of carbonyl (C=O) groups excluding carboxylic acids is 3. The van der Waals surface area contributed by atoms with Crippen LogP contribution in [0.25, 0.3) is 0 Å². The normalized spacial score (nSPS) is 13.3. The number of nitriles is 1. The summed E-state index contributed by atoms with van der Waals surface area (Å²) in [6.45, 7) is 5.52. The number of esters is 1. The Kier molecular flexibility index (Phi) is 7.05. The van der Waals surface area contributed by atoms with Crippen molar-refractivity contribution in [2.75, 3.05) is 43.0 Å². The molecule has 32 heavy (non-hydrogen) atoms. The zero-order chi connectivity index (χ0) is 23.3. The van der Waals surface area contributed by atoms with E-state index in [-0.39, 0.29) is 29.2 Å². The Bertz CT molecular complexity index is 1090. The monoisotopic (exact) mass is 438 g/mol. The van der Waals surface area contributed by atoms with E-state index in [2.05, 4.69) is 5.32 Å². The van der Waals surface area contributed by atoms with Crippen molar-refractivity contribution in [2.24, 2.45) is 0 Å². The standard InChI is InChI=1S/C23H23FN4O4/c1-3-32-23(31)17-5-7-21(28-10-8-27(9-11-28)15(2)29)20(13-17)26-22(30)18-6-4-16(14-25)12-19(18)24/h4-7,12-13H,3,8-11H2,1-2H3,(H,26,30). The van der Waals surface area contributed by atoms with Gasteiger partial charge in [0.05, 0.1) is 40.7 Å². The second-order valence-corrected chi connectivity index (χ2v) is 7.21. The highest BCUT2D eigenvalue weighted by Crippen LogP contribution is 2.29. The fourth-order valence-electron chi connectivity index (χ4n) is 3.47. The maximum absolute atomic E-state index is 14.3. The van der Waals surface area contributed by atoms with Crippen molar-refractivity contribution in [3.8, 4) is 6.07 Å². The van der Waals surface area contributed by atoms with Crippen LogP contribution in [0.4, 0.5) is 15.8 Å². The number of hydrogen-bond donors (Lipinski definition) is 1. The Morgan fingerprint density at radius 3 is 2.44 bits per heavy atom. The summed E-state index contributed by atoms with van der Waals surface area (Å²) in [7, 11) is 0. The minimum atomic E-state index is -0.820. The highest BCUT2D eigenvalue weighted by atomic mass is 19.1. The van der Waals surface area contributed by atoms with Crippen molar-refractivity contribution < 1.29 is 23.5 Å². The largest absolute Gasteiger partial charge is 0.462 e. The quantitative estimate of drug-likeness (QED) is 0.720. The summed E-state index contributed by atoms with van der Waals surface area (Å²) in [6, 6.07) is 10.2. The average molecular weight is 438 g/mol. The van der Waals surface area contributed by atoms with Gasteiger partial charge in [0.25, 0.3) is 5.91 Å². The lowest BCUT2D eigenvalue weighted by atomic mass is 10.1. The van der Waals surface area contributed by atoms with Crippen LogP contribution in [0.2, 0.25) is 0 Å². The van der Waals surface area contributed by atoms with Crippen LogP contribution in [0.15, 0.2) is 36.4 Å². The summed E-state index contributed by atoms with van der Waals surface area (Å²) in [6.07, 6.45) is 0. The first kappa shape index (κ1) is 22.7. The van der Waals surface area contributed by atoms with Gasteiger partial charge in [0.1, 0.15) is 5.82 Å². The van der Waals surface area contributed by atoms with Gasteiger partial charge in [0.15, 0.2) is 0 Å². The third-order valence-corrected chi connectivity index (χ3v) is 5.16. The van der Waals surface area contributed by atoms with E-state index in [9.17, 15) is 18.8 Å². The zero-order valence-electron chi connectivity index (χ0n) is 17.9. The van der Waals surface area contributed by atoms with Crippen LogP contribution in [-0.2, 0) is 9.53 Å². The van der Waals surface area contributed by atoms with Gasteiger partial charge in [0.2, 0.25) is 5.91 Å². The first-order valence-electron chi connectivity index (χ1n) is 10.2. The molecule has 0 bridgehead atoms. The minimum absolute atomic E-state index is 0.00729. The molecule has 1 aliphatic rings. The van der Waals surface area contributed by atoms with Crippen LogP contribution in [0.5, 0.6) is 0 Å². The van der Waals surface area contributed by atoms with Gasteiger partial charge in [-0.1, -0.05) is 0 Å². The highest BCUT2D eigenvalue weighted by Gasteiger charge is 2.23. The SMILES string of the molecule is CCOC(=O)c1ccc(N2CCN(C(C)=O)CC2)c(NC(=O)c2ccc(C#N)cc2F)c1. The molecular weight excluding hydrogens is 415 g/mol. The van der Waals surface area contributed by atoms with Crippen molar-refractivity contribution in [2.45, 2.75) is 13.8 Å². The molecule has 1 saturated heterocycles. The first-order valence-corrected chi connectivity index (χ1v) is 10.2. The molecule has 0 atom stereocenters. The van der Waals surface area contributed by atoms with Crippen LogP contribution in [0.3, 0.4) is 0 Å². The molecule has 0 spiro atoms. The van der Waals surface area contributed by atoms with E-state index < -0.39 is 17.7 Å². The van der Waals surface area contributed by atoms with Crippen molar-refractivity contribution in [3.05, 3.63) is 58.9 Å². The predicted octanol–water partition coefficient (Wildman–Crippen LogP) is 2.79. The second kappa shape index (κ2) is 9.92. The predicted molar refractivity (Wildman–Crippen MR) is 116 cm³/mol. The highest BCUT2D eigenvalue weighted by molar-refractivity contribution is 6.07. The van der Waals surface area contributed by atoms with Gasteiger partial charge in [-0.25, -0.2) is 9.18 Å². The van der Waals surface area contributed by atoms with Gasteiger partial charge in [0, 0.05) is 33.1 Å². The molecule has 1 aliphatic heterocycles. The number of carbonyl (C=O) groups is 3. The van der Waals surface area contributed by atoms with Crippen LogP contribution >= 0.6 is 0 Å². The van der Waals surface area contributed by atoms with Gasteiger partial charge in [-0.05, 0) is 43.3 Å². The van der Waals surface area contributed by atoms with Crippen molar-refractivity contribution in [1.29, 1.82) is 5.26 Å².